The van der Waals surface area contributed by atoms with Crippen molar-refractivity contribution in [1.29, 1.82) is 0 Å². The molecule has 1 aliphatic heterocycles. The second-order valence-corrected chi connectivity index (χ2v) is 7.98. The molecule has 1 amide bonds. The Hall–Kier alpha value is -1.48. The second-order valence-electron chi connectivity index (χ2n) is 5.41. The summed E-state index contributed by atoms with van der Waals surface area (Å²) in [6.07, 6.45) is 1.51. The Morgan fingerprint density at radius 1 is 1.46 bits per heavy atom. The Labute approximate surface area is 151 Å². The number of nitrogens with one attached hydrogen (secondary N) is 1. The minimum atomic E-state index is -1.06. The quantitative estimate of drug-likeness (QED) is 0.824. The van der Waals surface area contributed by atoms with E-state index in [4.69, 9.17) is 16.3 Å². The summed E-state index contributed by atoms with van der Waals surface area (Å²) in [6.45, 7) is 0.975. The number of carbonyl (C=O) groups is 2. The number of thiazole rings is 1. The van der Waals surface area contributed by atoms with E-state index < -0.39 is 17.9 Å². The van der Waals surface area contributed by atoms with Gasteiger partial charge < -0.3 is 15.2 Å². The third-order valence-corrected chi connectivity index (χ3v) is 5.98. The van der Waals surface area contributed by atoms with Gasteiger partial charge in [-0.15, -0.1) is 22.7 Å². The van der Waals surface area contributed by atoms with Crippen molar-refractivity contribution >= 4 is 46.2 Å². The van der Waals surface area contributed by atoms with Crippen LogP contribution >= 0.6 is 34.3 Å². The molecule has 0 spiro atoms. The Kier molecular flexibility index (Phi) is 5.50. The first-order valence-corrected chi connectivity index (χ1v) is 9.44. The van der Waals surface area contributed by atoms with Crippen molar-refractivity contribution in [1.82, 2.24) is 10.3 Å². The van der Waals surface area contributed by atoms with E-state index in [1.165, 1.54) is 22.7 Å². The van der Waals surface area contributed by atoms with Gasteiger partial charge in [-0.1, -0.05) is 11.6 Å². The van der Waals surface area contributed by atoms with Gasteiger partial charge in [0.15, 0.2) is 0 Å². The van der Waals surface area contributed by atoms with E-state index in [1.807, 2.05) is 6.07 Å². The molecule has 2 N–H and O–H groups in total. The van der Waals surface area contributed by atoms with Crippen LogP contribution in [0.2, 0.25) is 4.34 Å². The van der Waals surface area contributed by atoms with Crippen molar-refractivity contribution in [3.05, 3.63) is 27.5 Å². The van der Waals surface area contributed by atoms with E-state index in [2.05, 4.69) is 10.3 Å². The zero-order valence-electron chi connectivity index (χ0n) is 12.5. The Balaban J connectivity index is 1.71. The fourth-order valence-electron chi connectivity index (χ4n) is 2.55. The monoisotopic (exact) mass is 386 g/mol. The van der Waals surface area contributed by atoms with Crippen LogP contribution in [-0.4, -0.2) is 41.2 Å². The first-order chi connectivity index (χ1) is 11.5. The summed E-state index contributed by atoms with van der Waals surface area (Å²) in [6, 6.07) is 2.64. The molecule has 0 radical (unpaired) electrons. The topological polar surface area (TPSA) is 88.5 Å². The predicted octanol–water partition coefficient (Wildman–Crippen LogP) is 3.13. The number of hydrogen-bond donors (Lipinski definition) is 2. The van der Waals surface area contributed by atoms with E-state index in [0.29, 0.717) is 29.0 Å². The van der Waals surface area contributed by atoms with E-state index in [1.54, 1.807) is 11.4 Å². The highest BCUT2D eigenvalue weighted by Gasteiger charge is 2.32. The molecule has 0 bridgehead atoms. The lowest BCUT2D eigenvalue weighted by Crippen LogP contribution is -2.48. The maximum Gasteiger partial charge on any atom is 0.326 e. The largest absolute Gasteiger partial charge is 0.480 e. The van der Waals surface area contributed by atoms with Gasteiger partial charge in [0.05, 0.1) is 15.8 Å². The molecule has 6 nitrogen and oxygen atoms in total. The molecular weight excluding hydrogens is 372 g/mol. The van der Waals surface area contributed by atoms with E-state index in [9.17, 15) is 14.7 Å². The number of nitrogens with zero attached hydrogens (tertiary/aromatic N) is 1. The number of hydrogen-bond acceptors (Lipinski definition) is 6. The van der Waals surface area contributed by atoms with Crippen LogP contribution in [0.15, 0.2) is 17.5 Å². The summed E-state index contributed by atoms with van der Waals surface area (Å²) < 4.78 is 5.97. The normalized spacial score (nSPS) is 19.0. The van der Waals surface area contributed by atoms with Crippen molar-refractivity contribution in [3.8, 4) is 9.88 Å². The Bertz CT molecular complexity index is 739. The van der Waals surface area contributed by atoms with Crippen molar-refractivity contribution in [2.24, 2.45) is 5.92 Å². The SMILES string of the molecule is O=C(NC(C(=O)O)C1CCCOC1)c1csc(-c2ccc(Cl)s2)n1. The van der Waals surface area contributed by atoms with Crippen molar-refractivity contribution in [3.63, 3.8) is 0 Å². The van der Waals surface area contributed by atoms with Gasteiger partial charge in [-0.05, 0) is 25.0 Å². The van der Waals surface area contributed by atoms with Crippen molar-refractivity contribution in [2.45, 2.75) is 18.9 Å². The highest BCUT2D eigenvalue weighted by molar-refractivity contribution is 7.23. The summed E-state index contributed by atoms with van der Waals surface area (Å²) in [4.78, 5) is 29.0. The van der Waals surface area contributed by atoms with E-state index in [-0.39, 0.29) is 11.6 Å². The summed E-state index contributed by atoms with van der Waals surface area (Å²) in [5.41, 5.74) is 0.211. The van der Waals surface area contributed by atoms with Gasteiger partial charge in [0.2, 0.25) is 0 Å². The highest BCUT2D eigenvalue weighted by atomic mass is 35.5. The minimum Gasteiger partial charge on any atom is -0.480 e. The Morgan fingerprint density at radius 3 is 2.92 bits per heavy atom. The number of carboxylic acids is 1. The molecule has 1 aliphatic rings. The highest BCUT2D eigenvalue weighted by Crippen LogP contribution is 2.33. The average molecular weight is 387 g/mol. The molecular formula is C15H15ClN2O4S2. The van der Waals surface area contributed by atoms with Crippen molar-refractivity contribution < 1.29 is 19.4 Å². The number of aromatic nitrogens is 1. The van der Waals surface area contributed by atoms with Gasteiger partial charge >= 0.3 is 5.97 Å². The van der Waals surface area contributed by atoms with Crippen LogP contribution < -0.4 is 5.32 Å². The summed E-state index contributed by atoms with van der Waals surface area (Å²) in [7, 11) is 0. The van der Waals surface area contributed by atoms with Crippen LogP contribution in [0.5, 0.6) is 0 Å². The Morgan fingerprint density at radius 2 is 2.29 bits per heavy atom. The lowest BCUT2D eigenvalue weighted by molar-refractivity contribution is -0.142. The number of ether oxygens (including phenoxy) is 1. The van der Waals surface area contributed by atoms with Gasteiger partial charge in [0.25, 0.3) is 5.91 Å². The van der Waals surface area contributed by atoms with E-state index in [0.717, 1.165) is 11.3 Å². The van der Waals surface area contributed by atoms with Crippen molar-refractivity contribution in [2.75, 3.05) is 13.2 Å². The van der Waals surface area contributed by atoms with Crippen LogP contribution in [-0.2, 0) is 9.53 Å². The van der Waals surface area contributed by atoms with Gasteiger partial charge in [-0.3, -0.25) is 4.79 Å². The lowest BCUT2D eigenvalue weighted by atomic mass is 9.93. The van der Waals surface area contributed by atoms with Crippen LogP contribution in [0.25, 0.3) is 9.88 Å². The predicted molar refractivity (Wildman–Crippen MR) is 92.9 cm³/mol. The standard InChI is InChI=1S/C15H15ClN2O4S2/c16-11-4-3-10(24-11)14-17-9(7-23-14)13(19)18-12(15(20)21)8-2-1-5-22-6-8/h3-4,7-8,12H,1-2,5-6H2,(H,18,19)(H,20,21). The number of carbonyl (C=O) groups excluding carboxylic acids is 1. The molecule has 0 aromatic carbocycles. The number of halogens is 1. The lowest BCUT2D eigenvalue weighted by Gasteiger charge is -2.27. The molecule has 24 heavy (non-hydrogen) atoms. The average Bonchev–Trinajstić information content (AvgIpc) is 3.21. The number of aliphatic carboxylic acids is 1. The van der Waals surface area contributed by atoms with Gasteiger partial charge in [0.1, 0.15) is 16.7 Å². The maximum atomic E-state index is 12.4. The number of thiophene rings is 1. The number of amides is 1. The molecule has 1 saturated heterocycles. The molecule has 2 atom stereocenters. The fraction of sp³-hybridized carbons (Fsp3) is 0.400. The molecule has 0 aliphatic carbocycles. The number of rotatable bonds is 5. The fourth-order valence-corrected chi connectivity index (χ4v) is 4.46. The molecule has 9 heteroatoms. The molecule has 1 fully saturated rings. The smallest absolute Gasteiger partial charge is 0.326 e. The molecule has 3 heterocycles. The molecule has 3 rings (SSSR count). The minimum absolute atomic E-state index is 0.211. The zero-order chi connectivity index (χ0) is 17.1. The molecule has 128 valence electrons. The van der Waals surface area contributed by atoms with Crippen LogP contribution in [0, 0.1) is 5.92 Å². The molecule has 2 unspecified atom stereocenters. The third kappa shape index (κ3) is 3.94. The molecule has 2 aromatic heterocycles. The molecule has 0 saturated carbocycles. The maximum absolute atomic E-state index is 12.4. The summed E-state index contributed by atoms with van der Waals surface area (Å²) >= 11 is 8.61. The van der Waals surface area contributed by atoms with Crippen LogP contribution in [0.4, 0.5) is 0 Å². The first kappa shape index (κ1) is 17.3. The van der Waals surface area contributed by atoms with Crippen LogP contribution in [0.1, 0.15) is 23.3 Å². The molecule has 2 aromatic rings. The van der Waals surface area contributed by atoms with E-state index >= 15 is 0 Å². The third-order valence-electron chi connectivity index (χ3n) is 3.74. The van der Waals surface area contributed by atoms with Gasteiger partial charge in [0, 0.05) is 17.9 Å². The first-order valence-electron chi connectivity index (χ1n) is 7.37. The summed E-state index contributed by atoms with van der Waals surface area (Å²) in [5.74, 6) is -1.77. The second kappa shape index (κ2) is 7.60. The van der Waals surface area contributed by atoms with Crippen LogP contribution in [0.3, 0.4) is 0 Å². The van der Waals surface area contributed by atoms with Gasteiger partial charge in [-0.25, -0.2) is 9.78 Å². The number of carboxylic acid groups (broad SMARTS) is 1. The summed E-state index contributed by atoms with van der Waals surface area (Å²) in [5, 5.41) is 14.3. The zero-order valence-corrected chi connectivity index (χ0v) is 14.9. The van der Waals surface area contributed by atoms with Gasteiger partial charge in [-0.2, -0.15) is 0 Å².